The molecule has 0 bridgehead atoms. The first-order chi connectivity index (χ1) is 13.0. The third-order valence-electron chi connectivity index (χ3n) is 4.55. The number of carbonyl (C=O) groups excluding carboxylic acids is 1. The van der Waals surface area contributed by atoms with Gasteiger partial charge in [-0.2, -0.15) is 0 Å². The number of piperidine rings is 1. The highest BCUT2D eigenvalue weighted by molar-refractivity contribution is 6.09. The molecule has 0 aromatic heterocycles. The lowest BCUT2D eigenvalue weighted by Gasteiger charge is -2.35. The van der Waals surface area contributed by atoms with Gasteiger partial charge in [0, 0.05) is 0 Å². The van der Waals surface area contributed by atoms with Crippen molar-refractivity contribution in [2.24, 2.45) is 0 Å². The van der Waals surface area contributed by atoms with Crippen molar-refractivity contribution in [2.75, 3.05) is 27.2 Å². The van der Waals surface area contributed by atoms with Crippen molar-refractivity contribution in [3.63, 3.8) is 0 Å². The van der Waals surface area contributed by atoms with E-state index in [2.05, 4.69) is 38.4 Å². The normalized spacial score (nSPS) is 20.1. The summed E-state index contributed by atoms with van der Waals surface area (Å²) in [6.07, 6.45) is 11.9. The Morgan fingerprint density at radius 2 is 1.11 bits per heavy atom. The van der Waals surface area contributed by atoms with Crippen molar-refractivity contribution in [2.45, 2.75) is 0 Å². The average Bonchev–Trinajstić information content (AvgIpc) is 2.66. The molecule has 1 fully saturated rings. The molecule has 0 aliphatic carbocycles. The van der Waals surface area contributed by atoms with Crippen LogP contribution in [0.25, 0.3) is 12.2 Å². The van der Waals surface area contributed by atoms with Crippen LogP contribution in [0.1, 0.15) is 11.1 Å². The Kier molecular flexibility index (Phi) is 6.00. The van der Waals surface area contributed by atoms with Crippen LogP contribution in [0.2, 0.25) is 0 Å². The highest BCUT2D eigenvalue weighted by Crippen LogP contribution is 2.21. The zero-order valence-corrected chi connectivity index (χ0v) is 16.0. The van der Waals surface area contributed by atoms with Crippen LogP contribution in [0, 0.1) is 0 Å². The van der Waals surface area contributed by atoms with Crippen molar-refractivity contribution >= 4 is 17.9 Å². The first kappa shape index (κ1) is 18.8. The van der Waals surface area contributed by atoms with Crippen LogP contribution in [-0.4, -0.2) is 37.5 Å². The highest BCUT2D eigenvalue weighted by atomic mass is 16.1. The molecule has 1 saturated heterocycles. The van der Waals surface area contributed by atoms with Gasteiger partial charge in [-0.3, -0.25) is 4.79 Å². The van der Waals surface area contributed by atoms with E-state index in [-0.39, 0.29) is 5.78 Å². The lowest BCUT2D eigenvalue weighted by atomic mass is 9.95. The summed E-state index contributed by atoms with van der Waals surface area (Å²) in [6, 6.07) is 20.3. The summed E-state index contributed by atoms with van der Waals surface area (Å²) < 4.78 is 0.780. The van der Waals surface area contributed by atoms with E-state index in [1.165, 1.54) is 0 Å². The number of ketones is 1. The number of likely N-dealkylation sites (N-methyl/N-ethyl adjacent to an activating group) is 1. The number of quaternary nitrogens is 1. The van der Waals surface area contributed by atoms with E-state index in [9.17, 15) is 4.79 Å². The quantitative estimate of drug-likeness (QED) is 0.561. The van der Waals surface area contributed by atoms with E-state index >= 15 is 0 Å². The maximum Gasteiger partial charge on any atom is 0.196 e. The molecule has 0 unspecified atom stereocenters. The molecule has 0 amide bonds. The van der Waals surface area contributed by atoms with Crippen molar-refractivity contribution in [1.29, 1.82) is 0 Å². The molecule has 3 rings (SSSR count). The van der Waals surface area contributed by atoms with Gasteiger partial charge < -0.3 is 4.48 Å². The molecule has 2 heteroatoms. The summed E-state index contributed by atoms with van der Waals surface area (Å²) in [4.78, 5) is 12.9. The zero-order valence-electron chi connectivity index (χ0n) is 16.0. The van der Waals surface area contributed by atoms with Crippen molar-refractivity contribution in [1.82, 2.24) is 0 Å². The molecular formula is C25H26NO+. The number of nitrogens with zero attached hydrogens (tertiary/aromatic N) is 1. The Morgan fingerprint density at radius 3 is 1.52 bits per heavy atom. The molecule has 1 aliphatic rings. The molecule has 0 radical (unpaired) electrons. The molecule has 1 heterocycles. The van der Waals surface area contributed by atoms with Crippen LogP contribution in [0.3, 0.4) is 0 Å². The predicted octanol–water partition coefficient (Wildman–Crippen LogP) is 4.93. The lowest BCUT2D eigenvalue weighted by Crippen LogP contribution is -2.48. The maximum atomic E-state index is 12.9. The highest BCUT2D eigenvalue weighted by Gasteiger charge is 2.32. The van der Waals surface area contributed by atoms with Crippen molar-refractivity contribution in [3.05, 3.63) is 107 Å². The van der Waals surface area contributed by atoms with Crippen LogP contribution in [0.5, 0.6) is 0 Å². The molecule has 0 N–H and O–H groups in total. The average molecular weight is 356 g/mol. The zero-order chi connectivity index (χ0) is 19.1. The van der Waals surface area contributed by atoms with Gasteiger partial charge in [-0.25, -0.2) is 0 Å². The van der Waals surface area contributed by atoms with Gasteiger partial charge in [0.1, 0.15) is 13.1 Å². The Morgan fingerprint density at radius 1 is 0.704 bits per heavy atom. The number of benzene rings is 2. The second-order valence-electron chi connectivity index (χ2n) is 7.50. The number of hydrogen-bond acceptors (Lipinski definition) is 1. The molecule has 2 aromatic rings. The number of likely N-dealkylation sites (tertiary alicyclic amines) is 1. The van der Waals surface area contributed by atoms with Gasteiger partial charge >= 0.3 is 0 Å². The molecule has 27 heavy (non-hydrogen) atoms. The van der Waals surface area contributed by atoms with Crippen LogP contribution in [-0.2, 0) is 4.79 Å². The minimum absolute atomic E-state index is 0.155. The summed E-state index contributed by atoms with van der Waals surface area (Å²) in [5.74, 6) is 0.155. The fourth-order valence-electron chi connectivity index (χ4n) is 3.26. The fourth-order valence-corrected chi connectivity index (χ4v) is 3.26. The molecule has 0 saturated carbocycles. The van der Waals surface area contributed by atoms with Crippen molar-refractivity contribution in [3.8, 4) is 0 Å². The van der Waals surface area contributed by atoms with Gasteiger partial charge in [0.25, 0.3) is 0 Å². The van der Waals surface area contributed by atoms with Crippen LogP contribution < -0.4 is 0 Å². The second-order valence-corrected chi connectivity index (χ2v) is 7.50. The van der Waals surface area contributed by atoms with Gasteiger partial charge in [-0.05, 0) is 23.3 Å². The standard InChI is InChI=1S/C25H26NO/c1-26(2)19-23(17-9-15-21-11-5-3-6-12-21)25(27)24(20-26)18-10-16-22-13-7-4-8-14-22/h3-18H,19-20H2,1-2H3/q+1/b15-9+,16-10+,23-17-,24-18-. The van der Waals surface area contributed by atoms with E-state index in [1.807, 2.05) is 72.9 Å². The monoisotopic (exact) mass is 356 g/mol. The molecule has 136 valence electrons. The Labute approximate surface area is 162 Å². The SMILES string of the molecule is C[N+]1(C)C/C(=C/C=C/c2ccccc2)C(=O)/C(=C\C=C\c2ccccc2)C1. The molecule has 2 aromatic carbocycles. The molecule has 0 atom stereocenters. The van der Waals surface area contributed by atoms with E-state index < -0.39 is 0 Å². The number of allylic oxidation sites excluding steroid dienone is 4. The van der Waals surface area contributed by atoms with Crippen LogP contribution in [0.4, 0.5) is 0 Å². The fraction of sp³-hybridized carbons (Fsp3) is 0.160. The lowest BCUT2D eigenvalue weighted by molar-refractivity contribution is -0.881. The summed E-state index contributed by atoms with van der Waals surface area (Å²) in [5, 5.41) is 0. The summed E-state index contributed by atoms with van der Waals surface area (Å²) in [5.41, 5.74) is 3.98. The molecular weight excluding hydrogens is 330 g/mol. The van der Waals surface area contributed by atoms with E-state index in [0.29, 0.717) is 0 Å². The predicted molar refractivity (Wildman–Crippen MR) is 114 cm³/mol. The third-order valence-corrected chi connectivity index (χ3v) is 4.55. The Hall–Kier alpha value is -2.97. The van der Waals surface area contributed by atoms with Crippen LogP contribution >= 0.6 is 0 Å². The van der Waals surface area contributed by atoms with Crippen LogP contribution in [0.15, 0.2) is 96.1 Å². The van der Waals surface area contributed by atoms with Gasteiger partial charge in [-0.1, -0.05) is 85.0 Å². The minimum Gasteiger partial charge on any atom is -0.321 e. The van der Waals surface area contributed by atoms with Gasteiger partial charge in [0.15, 0.2) is 5.78 Å². The largest absolute Gasteiger partial charge is 0.321 e. The van der Waals surface area contributed by atoms with Crippen molar-refractivity contribution < 1.29 is 9.28 Å². The van der Waals surface area contributed by atoms with Gasteiger partial charge in [-0.15, -0.1) is 0 Å². The van der Waals surface area contributed by atoms with E-state index in [4.69, 9.17) is 0 Å². The molecule has 0 spiro atoms. The third kappa shape index (κ3) is 5.50. The number of hydrogen-bond donors (Lipinski definition) is 0. The minimum atomic E-state index is 0.155. The summed E-state index contributed by atoms with van der Waals surface area (Å²) in [7, 11) is 4.33. The first-order valence-electron chi connectivity index (χ1n) is 9.25. The van der Waals surface area contributed by atoms with Gasteiger partial charge in [0.2, 0.25) is 0 Å². The second kappa shape index (κ2) is 8.61. The van der Waals surface area contributed by atoms with E-state index in [1.54, 1.807) is 0 Å². The topological polar surface area (TPSA) is 17.1 Å². The Balaban J connectivity index is 1.78. The van der Waals surface area contributed by atoms with E-state index in [0.717, 1.165) is 39.8 Å². The number of Topliss-reactive ketones (excluding diaryl/α,β-unsaturated/α-hetero) is 1. The maximum absolute atomic E-state index is 12.9. The smallest absolute Gasteiger partial charge is 0.196 e. The van der Waals surface area contributed by atoms with Gasteiger partial charge in [0.05, 0.1) is 25.2 Å². The number of rotatable bonds is 4. The number of carbonyl (C=O) groups is 1. The first-order valence-corrected chi connectivity index (χ1v) is 9.25. The molecule has 1 aliphatic heterocycles. The Bertz CT molecular complexity index is 826. The molecule has 2 nitrogen and oxygen atoms in total. The summed E-state index contributed by atoms with van der Waals surface area (Å²) >= 11 is 0. The summed E-state index contributed by atoms with van der Waals surface area (Å²) in [6.45, 7) is 1.50.